The predicted octanol–water partition coefficient (Wildman–Crippen LogP) is 1.30. The maximum atomic E-state index is 5.46. The number of hydrogen-bond donors (Lipinski definition) is 0. The van der Waals surface area contributed by atoms with Crippen LogP contribution in [0.3, 0.4) is 0 Å². The fourth-order valence-electron chi connectivity index (χ4n) is 0.486. The summed E-state index contributed by atoms with van der Waals surface area (Å²) in [7, 11) is 1.33. The second-order valence-corrected chi connectivity index (χ2v) is 4.71. The molecule has 0 aliphatic carbocycles. The average molecular weight is 162 g/mol. The Labute approximate surface area is 65.9 Å². The predicted molar refractivity (Wildman–Crippen MR) is 45.8 cm³/mol. The van der Waals surface area contributed by atoms with Gasteiger partial charge in [0.15, 0.2) is 9.76 Å². The van der Waals surface area contributed by atoms with E-state index in [0.717, 1.165) is 5.54 Å². The van der Waals surface area contributed by atoms with Gasteiger partial charge in [-0.05, 0) is 12.5 Å². The van der Waals surface area contributed by atoms with Crippen molar-refractivity contribution in [2.45, 2.75) is 39.0 Å². The van der Waals surface area contributed by atoms with E-state index in [4.69, 9.17) is 9.16 Å². The first-order chi connectivity index (χ1) is 4.70. The van der Waals surface area contributed by atoms with E-state index in [9.17, 15) is 0 Å². The van der Waals surface area contributed by atoms with Crippen LogP contribution in [0.25, 0.3) is 0 Å². The lowest BCUT2D eigenvalue weighted by Gasteiger charge is -2.13. The lowest BCUT2D eigenvalue weighted by molar-refractivity contribution is -0.0380. The summed E-state index contributed by atoms with van der Waals surface area (Å²) in [5.41, 5.74) is 0.776. The SMILES string of the molecule is CCC(C)[SiH2]OC(C)OC. The molecule has 0 radical (unpaired) electrons. The van der Waals surface area contributed by atoms with Crippen molar-refractivity contribution < 1.29 is 9.16 Å². The third-order valence-corrected chi connectivity index (χ3v) is 3.45. The Morgan fingerprint density at radius 3 is 2.40 bits per heavy atom. The van der Waals surface area contributed by atoms with E-state index < -0.39 is 0 Å². The van der Waals surface area contributed by atoms with Crippen LogP contribution in [0, 0.1) is 0 Å². The minimum absolute atomic E-state index is 0.000617. The quantitative estimate of drug-likeness (QED) is 0.448. The van der Waals surface area contributed by atoms with Crippen molar-refractivity contribution in [3.63, 3.8) is 0 Å². The fourth-order valence-corrected chi connectivity index (χ4v) is 1.46. The maximum Gasteiger partial charge on any atom is 0.167 e. The first-order valence-corrected chi connectivity index (χ1v) is 5.24. The van der Waals surface area contributed by atoms with E-state index in [-0.39, 0.29) is 16.1 Å². The molecule has 2 unspecified atom stereocenters. The normalized spacial score (nSPS) is 18.0. The van der Waals surface area contributed by atoms with Gasteiger partial charge in [-0.2, -0.15) is 0 Å². The van der Waals surface area contributed by atoms with Crippen molar-refractivity contribution in [2.24, 2.45) is 0 Å². The zero-order valence-electron chi connectivity index (χ0n) is 7.39. The van der Waals surface area contributed by atoms with E-state index in [2.05, 4.69) is 13.8 Å². The summed E-state index contributed by atoms with van der Waals surface area (Å²) in [6.45, 7) is 6.36. The molecular weight excluding hydrogens is 144 g/mol. The van der Waals surface area contributed by atoms with Crippen LogP contribution in [0.2, 0.25) is 5.54 Å². The van der Waals surface area contributed by atoms with Crippen molar-refractivity contribution in [1.29, 1.82) is 0 Å². The molecule has 0 rings (SSSR count). The molecule has 0 heterocycles. The van der Waals surface area contributed by atoms with Crippen molar-refractivity contribution in [3.05, 3.63) is 0 Å². The highest BCUT2D eigenvalue weighted by molar-refractivity contribution is 6.29. The largest absolute Gasteiger partial charge is 0.400 e. The van der Waals surface area contributed by atoms with Crippen LogP contribution in [-0.2, 0) is 9.16 Å². The Hall–Kier alpha value is 0.137. The van der Waals surface area contributed by atoms with Crippen LogP contribution >= 0.6 is 0 Å². The standard InChI is InChI=1S/C7H18O2Si/c1-5-6(2)10-9-7(3)8-4/h6-7H,5,10H2,1-4H3. The fraction of sp³-hybridized carbons (Fsp3) is 1.00. The molecule has 0 aliphatic rings. The molecule has 0 N–H and O–H groups in total. The second kappa shape index (κ2) is 5.89. The molecule has 62 valence electrons. The van der Waals surface area contributed by atoms with Gasteiger partial charge in [-0.25, -0.2) is 0 Å². The van der Waals surface area contributed by atoms with Gasteiger partial charge < -0.3 is 9.16 Å². The topological polar surface area (TPSA) is 18.5 Å². The van der Waals surface area contributed by atoms with Crippen molar-refractivity contribution in [2.75, 3.05) is 7.11 Å². The number of hydrogen-bond acceptors (Lipinski definition) is 2. The molecule has 0 aliphatic heterocycles. The minimum Gasteiger partial charge on any atom is -0.400 e. The highest BCUT2D eigenvalue weighted by atomic mass is 28.2. The number of methoxy groups -OCH3 is 1. The molecule has 0 saturated heterocycles. The zero-order valence-corrected chi connectivity index (χ0v) is 8.80. The van der Waals surface area contributed by atoms with Gasteiger partial charge in [0.1, 0.15) is 6.29 Å². The van der Waals surface area contributed by atoms with Gasteiger partial charge in [0.05, 0.1) is 0 Å². The van der Waals surface area contributed by atoms with E-state index >= 15 is 0 Å². The van der Waals surface area contributed by atoms with Gasteiger partial charge in [-0.3, -0.25) is 0 Å². The molecule has 2 atom stereocenters. The van der Waals surface area contributed by atoms with E-state index in [1.807, 2.05) is 6.92 Å². The van der Waals surface area contributed by atoms with Crippen LogP contribution in [-0.4, -0.2) is 23.2 Å². The molecule has 0 bridgehead atoms. The van der Waals surface area contributed by atoms with Crippen LogP contribution in [0.4, 0.5) is 0 Å². The van der Waals surface area contributed by atoms with Crippen molar-refractivity contribution >= 4 is 9.76 Å². The molecule has 0 fully saturated rings. The summed E-state index contributed by atoms with van der Waals surface area (Å²) >= 11 is 0. The monoisotopic (exact) mass is 162 g/mol. The Kier molecular flexibility index (Phi) is 5.97. The van der Waals surface area contributed by atoms with Gasteiger partial charge in [0.2, 0.25) is 0 Å². The highest BCUT2D eigenvalue weighted by Gasteiger charge is 2.03. The Balaban J connectivity index is 3.17. The maximum absolute atomic E-state index is 5.46. The molecule has 10 heavy (non-hydrogen) atoms. The van der Waals surface area contributed by atoms with Gasteiger partial charge >= 0.3 is 0 Å². The third-order valence-electron chi connectivity index (χ3n) is 1.64. The molecule has 0 aromatic carbocycles. The smallest absolute Gasteiger partial charge is 0.167 e. The molecular formula is C7H18O2Si. The second-order valence-electron chi connectivity index (χ2n) is 2.65. The van der Waals surface area contributed by atoms with E-state index in [1.54, 1.807) is 7.11 Å². The first kappa shape index (κ1) is 10.1. The Morgan fingerprint density at radius 1 is 1.40 bits per heavy atom. The summed E-state index contributed by atoms with van der Waals surface area (Å²) in [6.07, 6.45) is 1.23. The van der Waals surface area contributed by atoms with Crippen molar-refractivity contribution in [3.8, 4) is 0 Å². The van der Waals surface area contributed by atoms with Gasteiger partial charge in [-0.15, -0.1) is 0 Å². The molecule has 2 nitrogen and oxygen atoms in total. The molecule has 0 aromatic rings. The summed E-state index contributed by atoms with van der Waals surface area (Å²) in [6, 6.07) is 0. The van der Waals surface area contributed by atoms with Crippen LogP contribution in [0.5, 0.6) is 0 Å². The summed E-state index contributed by atoms with van der Waals surface area (Å²) < 4.78 is 10.4. The zero-order chi connectivity index (χ0) is 7.98. The number of rotatable bonds is 5. The van der Waals surface area contributed by atoms with Crippen LogP contribution < -0.4 is 0 Å². The molecule has 0 amide bonds. The number of ether oxygens (including phenoxy) is 1. The lowest BCUT2D eigenvalue weighted by Crippen LogP contribution is -2.15. The summed E-state index contributed by atoms with van der Waals surface area (Å²) in [4.78, 5) is 0. The third kappa shape index (κ3) is 4.96. The summed E-state index contributed by atoms with van der Waals surface area (Å²) in [5, 5.41) is 0. The van der Waals surface area contributed by atoms with Crippen LogP contribution in [0.15, 0.2) is 0 Å². The summed E-state index contributed by atoms with van der Waals surface area (Å²) in [5.74, 6) is 0. The Morgan fingerprint density at radius 2 is 2.00 bits per heavy atom. The lowest BCUT2D eigenvalue weighted by atomic mass is 10.4. The molecule has 0 spiro atoms. The first-order valence-electron chi connectivity index (χ1n) is 3.85. The van der Waals surface area contributed by atoms with Gasteiger partial charge in [0, 0.05) is 7.11 Å². The average Bonchev–Trinajstić information content (AvgIpc) is 1.99. The van der Waals surface area contributed by atoms with E-state index in [1.165, 1.54) is 6.42 Å². The van der Waals surface area contributed by atoms with E-state index in [0.29, 0.717) is 0 Å². The molecule has 0 saturated carbocycles. The Bertz CT molecular complexity index is 68.0. The highest BCUT2D eigenvalue weighted by Crippen LogP contribution is 2.07. The molecule has 0 aromatic heterocycles. The minimum atomic E-state index is -0.348. The van der Waals surface area contributed by atoms with Gasteiger partial charge in [-0.1, -0.05) is 20.3 Å². The van der Waals surface area contributed by atoms with Crippen LogP contribution in [0.1, 0.15) is 27.2 Å². The van der Waals surface area contributed by atoms with Gasteiger partial charge in [0.25, 0.3) is 0 Å². The van der Waals surface area contributed by atoms with Crippen molar-refractivity contribution in [1.82, 2.24) is 0 Å². The molecule has 3 heteroatoms.